The van der Waals surface area contributed by atoms with Crippen LogP contribution in [-0.4, -0.2) is 44.3 Å². The predicted octanol–water partition coefficient (Wildman–Crippen LogP) is 4.97. The van der Waals surface area contributed by atoms with E-state index in [1.807, 2.05) is 0 Å². The van der Waals surface area contributed by atoms with Gasteiger partial charge in [-0.15, -0.1) is 0 Å². The minimum atomic E-state index is -0.661. The summed E-state index contributed by atoms with van der Waals surface area (Å²) in [6, 6.07) is 8.74. The van der Waals surface area contributed by atoms with Crippen LogP contribution in [0, 0.1) is 5.82 Å². The van der Waals surface area contributed by atoms with E-state index in [1.54, 1.807) is 18.2 Å². The van der Waals surface area contributed by atoms with Crippen molar-refractivity contribution >= 4 is 17.9 Å². The summed E-state index contributed by atoms with van der Waals surface area (Å²) in [4.78, 5) is 34.8. The molecule has 0 heterocycles. The van der Waals surface area contributed by atoms with Gasteiger partial charge in [-0.05, 0) is 50.6 Å². The molecule has 0 atom stereocenters. The molecule has 0 saturated heterocycles. The van der Waals surface area contributed by atoms with Crippen molar-refractivity contribution in [1.82, 2.24) is 0 Å². The lowest BCUT2D eigenvalue weighted by atomic mass is 10.0. The average molecular weight is 513 g/mol. The van der Waals surface area contributed by atoms with E-state index in [1.165, 1.54) is 32.9 Å². The van der Waals surface area contributed by atoms with Crippen molar-refractivity contribution < 1.29 is 42.5 Å². The fraction of sp³-hybridized carbons (Fsp3) is 0.250. The molecule has 9 heteroatoms. The molecule has 196 valence electrons. The van der Waals surface area contributed by atoms with Crippen LogP contribution in [0.3, 0.4) is 0 Å². The van der Waals surface area contributed by atoms with E-state index in [-0.39, 0.29) is 60.2 Å². The summed E-state index contributed by atoms with van der Waals surface area (Å²) in [7, 11) is 0. The van der Waals surface area contributed by atoms with Gasteiger partial charge in [-0.3, -0.25) is 0 Å². The minimum absolute atomic E-state index is 0.0121. The van der Waals surface area contributed by atoms with E-state index in [0.717, 1.165) is 6.07 Å². The molecule has 37 heavy (non-hydrogen) atoms. The van der Waals surface area contributed by atoms with Crippen molar-refractivity contribution in [3.05, 3.63) is 78.7 Å². The normalized spacial score (nSPS) is 10.2. The molecule has 0 aliphatic rings. The Morgan fingerprint density at radius 1 is 0.703 bits per heavy atom. The number of carbonyl (C=O) groups is 3. The number of carbonyl (C=O) groups excluding carboxylic acids is 3. The standard InChI is InChI=1S/C28H29FO8/c1-17(2)26(30)35-13-11-33-24-10-7-20(15-25(24)34-12-14-36-27(31)18(3)4)22-9-8-21(16-23(22)29)37-28(32)19(5)6/h7-10,15-16H,1,3,5,11-14H2,2,4,6H3. The first-order valence-electron chi connectivity index (χ1n) is 11.2. The zero-order valence-corrected chi connectivity index (χ0v) is 21.1. The summed E-state index contributed by atoms with van der Waals surface area (Å²) in [6.45, 7) is 15.0. The molecule has 8 nitrogen and oxygen atoms in total. The quantitative estimate of drug-likeness (QED) is 0.161. The zero-order chi connectivity index (χ0) is 27.5. The molecule has 2 rings (SSSR count). The van der Waals surface area contributed by atoms with Crippen LogP contribution >= 0.6 is 0 Å². The summed E-state index contributed by atoms with van der Waals surface area (Å²) in [5, 5.41) is 0. The van der Waals surface area contributed by atoms with E-state index in [4.69, 9.17) is 23.7 Å². The van der Waals surface area contributed by atoms with Gasteiger partial charge in [-0.1, -0.05) is 25.8 Å². The molecule has 0 aliphatic heterocycles. The lowest BCUT2D eigenvalue weighted by molar-refractivity contribution is -0.140. The molecule has 0 fully saturated rings. The molecule has 0 bridgehead atoms. The number of hydrogen-bond acceptors (Lipinski definition) is 8. The van der Waals surface area contributed by atoms with Gasteiger partial charge in [0.1, 0.15) is 38.0 Å². The maximum absolute atomic E-state index is 14.9. The first-order chi connectivity index (χ1) is 17.5. The van der Waals surface area contributed by atoms with Gasteiger partial charge in [0.25, 0.3) is 0 Å². The van der Waals surface area contributed by atoms with E-state index < -0.39 is 23.7 Å². The van der Waals surface area contributed by atoms with Crippen LogP contribution in [0.5, 0.6) is 17.2 Å². The molecule has 2 aromatic carbocycles. The van der Waals surface area contributed by atoms with Crippen molar-refractivity contribution in [1.29, 1.82) is 0 Å². The highest BCUT2D eigenvalue weighted by molar-refractivity contribution is 5.89. The highest BCUT2D eigenvalue weighted by Crippen LogP contribution is 2.35. The van der Waals surface area contributed by atoms with Gasteiger partial charge < -0.3 is 23.7 Å². The van der Waals surface area contributed by atoms with Crippen LogP contribution in [-0.2, 0) is 23.9 Å². The second-order valence-corrected chi connectivity index (χ2v) is 8.00. The summed E-state index contributed by atoms with van der Waals surface area (Å²) < 4.78 is 41.4. The topological polar surface area (TPSA) is 97.4 Å². The van der Waals surface area contributed by atoms with Gasteiger partial charge >= 0.3 is 17.9 Å². The van der Waals surface area contributed by atoms with E-state index in [2.05, 4.69) is 19.7 Å². The lowest BCUT2D eigenvalue weighted by Crippen LogP contribution is -2.14. The van der Waals surface area contributed by atoms with Crippen LogP contribution in [0.2, 0.25) is 0 Å². The number of hydrogen-bond donors (Lipinski definition) is 0. The summed E-state index contributed by atoms with van der Waals surface area (Å²) in [5.74, 6) is -1.81. The van der Waals surface area contributed by atoms with Gasteiger partial charge in [-0.25, -0.2) is 18.8 Å². The zero-order valence-electron chi connectivity index (χ0n) is 21.1. The first-order valence-corrected chi connectivity index (χ1v) is 11.2. The number of halogens is 1. The molecular weight excluding hydrogens is 483 g/mol. The van der Waals surface area contributed by atoms with Crippen LogP contribution in [0.1, 0.15) is 20.8 Å². The van der Waals surface area contributed by atoms with Gasteiger partial charge in [0.2, 0.25) is 0 Å². The molecule has 0 spiro atoms. The predicted molar refractivity (Wildman–Crippen MR) is 135 cm³/mol. The Bertz CT molecular complexity index is 1210. The van der Waals surface area contributed by atoms with Crippen LogP contribution in [0.15, 0.2) is 72.9 Å². The Morgan fingerprint density at radius 2 is 1.24 bits per heavy atom. The summed E-state index contributed by atoms with van der Waals surface area (Å²) >= 11 is 0. The van der Waals surface area contributed by atoms with Gasteiger partial charge in [0.05, 0.1) is 0 Å². The Kier molecular flexibility index (Phi) is 10.6. The molecule has 0 aromatic heterocycles. The highest BCUT2D eigenvalue weighted by Gasteiger charge is 2.14. The van der Waals surface area contributed by atoms with Gasteiger partial charge in [-0.2, -0.15) is 0 Å². The van der Waals surface area contributed by atoms with E-state index in [9.17, 15) is 18.8 Å². The molecule has 0 radical (unpaired) electrons. The molecule has 0 aliphatic carbocycles. The number of rotatable bonds is 13. The Balaban J connectivity index is 2.20. The maximum atomic E-state index is 14.9. The molecule has 0 unspecified atom stereocenters. The Hall–Kier alpha value is -4.40. The second kappa shape index (κ2) is 13.6. The number of ether oxygens (including phenoxy) is 5. The summed E-state index contributed by atoms with van der Waals surface area (Å²) in [6.07, 6.45) is 0. The monoisotopic (exact) mass is 512 g/mol. The molecule has 0 amide bonds. The van der Waals surface area contributed by atoms with E-state index >= 15 is 0 Å². The molecule has 0 saturated carbocycles. The number of benzene rings is 2. The Morgan fingerprint density at radius 3 is 1.76 bits per heavy atom. The van der Waals surface area contributed by atoms with Crippen LogP contribution in [0.25, 0.3) is 11.1 Å². The third-order valence-electron chi connectivity index (χ3n) is 4.60. The first kappa shape index (κ1) is 28.8. The van der Waals surface area contributed by atoms with Crippen LogP contribution < -0.4 is 14.2 Å². The largest absolute Gasteiger partial charge is 0.486 e. The van der Waals surface area contributed by atoms with Crippen molar-refractivity contribution in [2.75, 3.05) is 26.4 Å². The van der Waals surface area contributed by atoms with Crippen molar-refractivity contribution in [2.24, 2.45) is 0 Å². The summed E-state index contributed by atoms with van der Waals surface area (Å²) in [5.41, 5.74) is 1.37. The van der Waals surface area contributed by atoms with Crippen molar-refractivity contribution in [2.45, 2.75) is 20.8 Å². The van der Waals surface area contributed by atoms with Gasteiger partial charge in [0, 0.05) is 28.3 Å². The fourth-order valence-corrected chi connectivity index (χ4v) is 2.71. The van der Waals surface area contributed by atoms with Crippen molar-refractivity contribution in [3.63, 3.8) is 0 Å². The maximum Gasteiger partial charge on any atom is 0.338 e. The van der Waals surface area contributed by atoms with Crippen LogP contribution in [0.4, 0.5) is 4.39 Å². The lowest BCUT2D eigenvalue weighted by Gasteiger charge is -2.15. The Labute approximate surface area is 214 Å². The molecular formula is C28H29FO8. The highest BCUT2D eigenvalue weighted by atomic mass is 19.1. The SMILES string of the molecule is C=C(C)C(=O)OCCOc1ccc(-c2ccc(OC(=O)C(=C)C)cc2F)cc1OCCOC(=O)C(=C)C. The molecule has 2 aromatic rings. The third kappa shape index (κ3) is 8.96. The third-order valence-corrected chi connectivity index (χ3v) is 4.60. The van der Waals surface area contributed by atoms with E-state index in [0.29, 0.717) is 11.3 Å². The average Bonchev–Trinajstić information content (AvgIpc) is 2.84. The second-order valence-electron chi connectivity index (χ2n) is 8.00. The number of esters is 3. The molecule has 0 N–H and O–H groups in total. The van der Waals surface area contributed by atoms with Gasteiger partial charge in [0.15, 0.2) is 11.5 Å². The fourth-order valence-electron chi connectivity index (χ4n) is 2.71. The van der Waals surface area contributed by atoms with Crippen molar-refractivity contribution in [3.8, 4) is 28.4 Å². The smallest absolute Gasteiger partial charge is 0.338 e. The minimum Gasteiger partial charge on any atom is -0.486 e.